The Bertz CT molecular complexity index is 1030. The number of esters is 1. The molecule has 0 atom stereocenters. The Labute approximate surface area is 174 Å². The minimum atomic E-state index is -3.69. The summed E-state index contributed by atoms with van der Waals surface area (Å²) in [6.45, 7) is 2.80. The number of benzene rings is 2. The normalized spacial score (nSPS) is 14.6. The highest BCUT2D eigenvalue weighted by Crippen LogP contribution is 2.26. The number of halogens is 1. The van der Waals surface area contributed by atoms with Gasteiger partial charge in [0.2, 0.25) is 10.0 Å². The average Bonchev–Trinajstić information content (AvgIpc) is 3.24. The molecule has 0 spiro atoms. The summed E-state index contributed by atoms with van der Waals surface area (Å²) in [7, 11) is -3.69. The number of carbonyl (C=O) groups is 2. The summed E-state index contributed by atoms with van der Waals surface area (Å²) in [6.07, 6.45) is 1.62. The van der Waals surface area contributed by atoms with Gasteiger partial charge in [-0.1, -0.05) is 23.7 Å². The van der Waals surface area contributed by atoms with Gasteiger partial charge >= 0.3 is 5.97 Å². The smallest absolute Gasteiger partial charge is 0.340 e. The highest BCUT2D eigenvalue weighted by molar-refractivity contribution is 7.89. The first kappa shape index (κ1) is 21.3. The molecule has 1 N–H and O–H groups in total. The van der Waals surface area contributed by atoms with E-state index in [-0.39, 0.29) is 33.3 Å². The second-order valence-corrected chi connectivity index (χ2v) is 8.82. The summed E-state index contributed by atoms with van der Waals surface area (Å²) >= 11 is 6.16. The van der Waals surface area contributed by atoms with Gasteiger partial charge in [-0.2, -0.15) is 4.31 Å². The van der Waals surface area contributed by atoms with Gasteiger partial charge in [-0.3, -0.25) is 4.79 Å². The number of sulfonamides is 1. The molecule has 0 saturated carbocycles. The maximum absolute atomic E-state index is 12.8. The minimum Gasteiger partial charge on any atom is -0.462 e. The standard InChI is InChI=1S/C20H21ClN2O5S/c1-2-28-20(25)15-7-3-4-8-18(15)22-19(24)16-13-14(9-10-17(16)21)29(26,27)23-11-5-6-12-23/h3-4,7-10,13H,2,5-6,11-12H2,1H3,(H,22,24). The summed E-state index contributed by atoms with van der Waals surface area (Å²) in [5.41, 5.74) is 0.449. The van der Waals surface area contributed by atoms with Gasteiger partial charge in [0.1, 0.15) is 0 Å². The Morgan fingerprint density at radius 3 is 2.48 bits per heavy atom. The lowest BCUT2D eigenvalue weighted by atomic mass is 10.1. The van der Waals surface area contributed by atoms with Crippen LogP contribution in [0.4, 0.5) is 5.69 Å². The Morgan fingerprint density at radius 2 is 1.79 bits per heavy atom. The summed E-state index contributed by atoms with van der Waals surface area (Å²) < 4.78 is 32.0. The Kier molecular flexibility index (Phi) is 6.56. The molecule has 1 saturated heterocycles. The van der Waals surface area contributed by atoms with Crippen molar-refractivity contribution in [1.29, 1.82) is 0 Å². The first-order valence-corrected chi connectivity index (χ1v) is 11.0. The van der Waals surface area contributed by atoms with Gasteiger partial charge in [-0.25, -0.2) is 13.2 Å². The van der Waals surface area contributed by atoms with E-state index >= 15 is 0 Å². The van der Waals surface area contributed by atoms with Crippen molar-refractivity contribution in [3.05, 3.63) is 58.6 Å². The van der Waals surface area contributed by atoms with Gasteiger partial charge in [0, 0.05) is 13.1 Å². The van der Waals surface area contributed by atoms with Crippen molar-refractivity contribution in [3.63, 3.8) is 0 Å². The van der Waals surface area contributed by atoms with Crippen molar-refractivity contribution in [1.82, 2.24) is 4.31 Å². The van der Waals surface area contributed by atoms with Crippen molar-refractivity contribution < 1.29 is 22.7 Å². The van der Waals surface area contributed by atoms with Crippen LogP contribution in [0.15, 0.2) is 47.4 Å². The molecule has 0 aromatic heterocycles. The van der Waals surface area contributed by atoms with Crippen molar-refractivity contribution in [2.75, 3.05) is 25.0 Å². The second-order valence-electron chi connectivity index (χ2n) is 6.47. The van der Waals surface area contributed by atoms with Crippen LogP contribution in [0.25, 0.3) is 0 Å². The van der Waals surface area contributed by atoms with Crippen molar-refractivity contribution in [2.45, 2.75) is 24.7 Å². The van der Waals surface area contributed by atoms with E-state index in [1.807, 2.05) is 0 Å². The Balaban J connectivity index is 1.90. The molecule has 0 aliphatic carbocycles. The molecule has 3 rings (SSSR count). The molecule has 0 unspecified atom stereocenters. The number of para-hydroxylation sites is 1. The number of ether oxygens (including phenoxy) is 1. The summed E-state index contributed by atoms with van der Waals surface area (Å²) in [5.74, 6) is -1.19. The van der Waals surface area contributed by atoms with Crippen LogP contribution < -0.4 is 5.32 Å². The maximum atomic E-state index is 12.8. The van der Waals surface area contributed by atoms with Gasteiger partial charge in [0.25, 0.3) is 5.91 Å². The van der Waals surface area contributed by atoms with E-state index in [2.05, 4.69) is 5.32 Å². The fraction of sp³-hybridized carbons (Fsp3) is 0.300. The molecule has 0 bridgehead atoms. The first-order chi connectivity index (χ1) is 13.8. The van der Waals surface area contributed by atoms with Crippen LogP contribution in [0.2, 0.25) is 5.02 Å². The SMILES string of the molecule is CCOC(=O)c1ccccc1NC(=O)c1cc(S(=O)(=O)N2CCCC2)ccc1Cl. The van der Waals surface area contributed by atoms with Gasteiger partial charge < -0.3 is 10.1 Å². The Morgan fingerprint density at radius 1 is 1.10 bits per heavy atom. The number of nitrogens with one attached hydrogen (secondary N) is 1. The third-order valence-electron chi connectivity index (χ3n) is 4.56. The third kappa shape index (κ3) is 4.60. The fourth-order valence-corrected chi connectivity index (χ4v) is 4.83. The van der Waals surface area contributed by atoms with E-state index in [0.29, 0.717) is 13.1 Å². The van der Waals surface area contributed by atoms with Crippen LogP contribution in [0.1, 0.15) is 40.5 Å². The predicted octanol–water partition coefficient (Wildman–Crippen LogP) is 3.55. The number of nitrogens with zero attached hydrogens (tertiary/aromatic N) is 1. The second kappa shape index (κ2) is 8.94. The minimum absolute atomic E-state index is 0.00519. The van der Waals surface area contributed by atoms with Crippen LogP contribution in [0, 0.1) is 0 Å². The van der Waals surface area contributed by atoms with E-state index < -0.39 is 21.9 Å². The molecule has 9 heteroatoms. The number of hydrogen-bond donors (Lipinski definition) is 1. The average molecular weight is 437 g/mol. The van der Waals surface area contributed by atoms with E-state index in [4.69, 9.17) is 16.3 Å². The van der Waals surface area contributed by atoms with Crippen LogP contribution in [-0.2, 0) is 14.8 Å². The molecule has 7 nitrogen and oxygen atoms in total. The van der Waals surface area contributed by atoms with Crippen LogP contribution in [0.3, 0.4) is 0 Å². The van der Waals surface area contributed by atoms with Gasteiger partial charge in [-0.15, -0.1) is 0 Å². The zero-order valence-electron chi connectivity index (χ0n) is 15.9. The van der Waals surface area contributed by atoms with Crippen LogP contribution in [-0.4, -0.2) is 44.3 Å². The lowest BCUT2D eigenvalue weighted by Gasteiger charge is -2.16. The number of hydrogen-bond acceptors (Lipinski definition) is 5. The predicted molar refractivity (Wildman–Crippen MR) is 110 cm³/mol. The molecule has 154 valence electrons. The lowest BCUT2D eigenvalue weighted by Crippen LogP contribution is -2.28. The quantitative estimate of drug-likeness (QED) is 0.699. The largest absolute Gasteiger partial charge is 0.462 e. The first-order valence-electron chi connectivity index (χ1n) is 9.22. The summed E-state index contributed by atoms with van der Waals surface area (Å²) in [5, 5.41) is 2.73. The van der Waals surface area contributed by atoms with E-state index in [9.17, 15) is 18.0 Å². The molecular formula is C20H21ClN2O5S. The van der Waals surface area contributed by atoms with Crippen molar-refractivity contribution >= 4 is 39.2 Å². The van der Waals surface area contributed by atoms with E-state index in [1.165, 1.54) is 28.6 Å². The molecule has 1 aliphatic heterocycles. The molecule has 29 heavy (non-hydrogen) atoms. The molecule has 1 heterocycles. The highest BCUT2D eigenvalue weighted by atomic mass is 35.5. The Hall–Kier alpha value is -2.42. The highest BCUT2D eigenvalue weighted by Gasteiger charge is 2.28. The number of rotatable bonds is 6. The molecule has 2 aromatic carbocycles. The summed E-state index contributed by atoms with van der Waals surface area (Å²) in [4.78, 5) is 24.9. The topological polar surface area (TPSA) is 92.8 Å². The molecular weight excluding hydrogens is 416 g/mol. The zero-order chi connectivity index (χ0) is 21.0. The number of carbonyl (C=O) groups excluding carboxylic acids is 2. The van der Waals surface area contributed by atoms with E-state index in [0.717, 1.165) is 12.8 Å². The molecule has 1 fully saturated rings. The van der Waals surface area contributed by atoms with E-state index in [1.54, 1.807) is 25.1 Å². The number of anilines is 1. The van der Waals surface area contributed by atoms with Crippen LogP contribution in [0.5, 0.6) is 0 Å². The lowest BCUT2D eigenvalue weighted by molar-refractivity contribution is 0.0527. The van der Waals surface area contributed by atoms with Crippen molar-refractivity contribution in [2.24, 2.45) is 0 Å². The monoisotopic (exact) mass is 436 g/mol. The molecule has 1 amide bonds. The van der Waals surface area contributed by atoms with Crippen LogP contribution >= 0.6 is 11.6 Å². The van der Waals surface area contributed by atoms with Crippen molar-refractivity contribution in [3.8, 4) is 0 Å². The van der Waals surface area contributed by atoms with Gasteiger partial charge in [0.15, 0.2) is 0 Å². The number of amides is 1. The fourth-order valence-electron chi connectivity index (χ4n) is 3.09. The molecule has 0 radical (unpaired) electrons. The third-order valence-corrected chi connectivity index (χ3v) is 6.78. The molecule has 1 aliphatic rings. The zero-order valence-corrected chi connectivity index (χ0v) is 17.4. The molecule has 2 aromatic rings. The maximum Gasteiger partial charge on any atom is 0.340 e. The summed E-state index contributed by atoms with van der Waals surface area (Å²) in [6, 6.07) is 10.4. The van der Waals surface area contributed by atoms with Gasteiger partial charge in [-0.05, 0) is 50.1 Å². The van der Waals surface area contributed by atoms with Gasteiger partial charge in [0.05, 0.1) is 33.3 Å².